The summed E-state index contributed by atoms with van der Waals surface area (Å²) in [6, 6.07) is 8.01. The highest BCUT2D eigenvalue weighted by atomic mass is 16.3. The van der Waals surface area contributed by atoms with Crippen LogP contribution in [0.4, 0.5) is 5.69 Å². The van der Waals surface area contributed by atoms with Crippen molar-refractivity contribution in [2.75, 3.05) is 25.0 Å². The highest BCUT2D eigenvalue weighted by Gasteiger charge is 2.33. The van der Waals surface area contributed by atoms with E-state index in [1.54, 1.807) is 0 Å². The Bertz CT molecular complexity index is 450. The molecule has 0 aliphatic carbocycles. The van der Waals surface area contributed by atoms with E-state index in [1.807, 2.05) is 23.1 Å². The van der Waals surface area contributed by atoms with Gasteiger partial charge in [0.05, 0.1) is 0 Å². The molecule has 4 heteroatoms. The van der Waals surface area contributed by atoms with Gasteiger partial charge in [-0.05, 0) is 30.4 Å². The van der Waals surface area contributed by atoms with Crippen LogP contribution in [0.15, 0.2) is 24.3 Å². The van der Waals surface area contributed by atoms with Crippen molar-refractivity contribution in [3.8, 4) is 0 Å². The molecule has 0 aromatic heterocycles. The van der Waals surface area contributed by atoms with Crippen molar-refractivity contribution in [3.63, 3.8) is 0 Å². The number of carbonyl (C=O) groups excluding carboxylic acids is 1. The molecule has 2 aliphatic heterocycles. The number of likely N-dealkylation sites (tertiary alicyclic amines) is 1. The van der Waals surface area contributed by atoms with Gasteiger partial charge >= 0.3 is 0 Å². The van der Waals surface area contributed by atoms with Crippen molar-refractivity contribution in [1.82, 2.24) is 4.90 Å². The van der Waals surface area contributed by atoms with E-state index in [4.69, 9.17) is 5.11 Å². The molecule has 2 N–H and O–H groups in total. The van der Waals surface area contributed by atoms with Crippen LogP contribution in [0.5, 0.6) is 0 Å². The van der Waals surface area contributed by atoms with Crippen molar-refractivity contribution in [2.24, 2.45) is 5.92 Å². The molecule has 102 valence electrons. The number of hydrogen-bond acceptors (Lipinski definition) is 3. The molecule has 0 spiro atoms. The molecule has 1 aromatic carbocycles. The van der Waals surface area contributed by atoms with Gasteiger partial charge in [0, 0.05) is 31.8 Å². The van der Waals surface area contributed by atoms with Gasteiger partial charge in [-0.15, -0.1) is 0 Å². The van der Waals surface area contributed by atoms with Gasteiger partial charge in [-0.1, -0.05) is 18.2 Å². The zero-order chi connectivity index (χ0) is 13.2. The summed E-state index contributed by atoms with van der Waals surface area (Å²) in [6.07, 6.45) is 2.62. The Morgan fingerprint density at radius 2 is 2.26 bits per heavy atom. The maximum absolute atomic E-state index is 12.5. The third-order valence-electron chi connectivity index (χ3n) is 4.20. The van der Waals surface area contributed by atoms with E-state index in [-0.39, 0.29) is 18.6 Å². The first-order chi connectivity index (χ1) is 9.28. The number of nitrogens with zero attached hydrogens (tertiary/aromatic N) is 1. The molecule has 1 saturated heterocycles. The molecule has 1 aromatic rings. The van der Waals surface area contributed by atoms with Gasteiger partial charge < -0.3 is 15.3 Å². The molecule has 0 bridgehead atoms. The van der Waals surface area contributed by atoms with Gasteiger partial charge in [-0.25, -0.2) is 0 Å². The number of fused-ring (bicyclic) bond motifs is 1. The fraction of sp³-hybridized carbons (Fsp3) is 0.533. The summed E-state index contributed by atoms with van der Waals surface area (Å²) >= 11 is 0. The minimum absolute atomic E-state index is 0.106. The molecule has 0 saturated carbocycles. The predicted octanol–water partition coefficient (Wildman–Crippen LogP) is 1.25. The Morgan fingerprint density at radius 1 is 1.42 bits per heavy atom. The molecule has 4 nitrogen and oxygen atoms in total. The first-order valence-electron chi connectivity index (χ1n) is 7.02. The van der Waals surface area contributed by atoms with Crippen molar-refractivity contribution < 1.29 is 9.90 Å². The minimum atomic E-state index is -0.106. The fourth-order valence-electron chi connectivity index (χ4n) is 3.12. The molecular formula is C15H20N2O2. The average molecular weight is 260 g/mol. The molecule has 2 aliphatic rings. The van der Waals surface area contributed by atoms with E-state index >= 15 is 0 Å². The molecule has 2 heterocycles. The number of anilines is 1. The van der Waals surface area contributed by atoms with Gasteiger partial charge in [-0.3, -0.25) is 4.79 Å². The lowest BCUT2D eigenvalue weighted by atomic mass is 10.1. The van der Waals surface area contributed by atoms with Crippen molar-refractivity contribution >= 4 is 11.6 Å². The molecule has 1 fully saturated rings. The van der Waals surface area contributed by atoms with E-state index in [0.717, 1.165) is 38.0 Å². The van der Waals surface area contributed by atoms with Gasteiger partial charge in [-0.2, -0.15) is 0 Å². The Kier molecular flexibility index (Phi) is 3.42. The summed E-state index contributed by atoms with van der Waals surface area (Å²) in [4.78, 5) is 14.4. The predicted molar refractivity (Wildman–Crippen MR) is 73.9 cm³/mol. The van der Waals surface area contributed by atoms with Crippen LogP contribution in [0, 0.1) is 5.92 Å². The van der Waals surface area contributed by atoms with Crippen LogP contribution in [0.3, 0.4) is 0 Å². The molecule has 0 radical (unpaired) electrons. The number of para-hydroxylation sites is 1. The third kappa shape index (κ3) is 2.45. The van der Waals surface area contributed by atoms with Crippen molar-refractivity contribution in [2.45, 2.75) is 25.3 Å². The summed E-state index contributed by atoms with van der Waals surface area (Å²) in [5.74, 6) is 0.675. The summed E-state index contributed by atoms with van der Waals surface area (Å²) in [6.45, 7) is 1.85. The van der Waals surface area contributed by atoms with Crippen LogP contribution in [-0.2, 0) is 11.2 Å². The van der Waals surface area contributed by atoms with Gasteiger partial charge in [0.1, 0.15) is 6.04 Å². The van der Waals surface area contributed by atoms with Crippen LogP contribution in [-0.4, -0.2) is 41.7 Å². The standard InChI is InChI=1S/C15H20N2O2/c18-8-6-11-5-7-17(10-11)15(19)14-9-12-3-1-2-4-13(12)16-14/h1-4,11,14,16,18H,5-10H2. The number of amides is 1. The number of aliphatic hydroxyl groups excluding tert-OH is 1. The summed E-state index contributed by atoms with van der Waals surface area (Å²) in [5.41, 5.74) is 2.32. The Hall–Kier alpha value is -1.55. The first-order valence-corrected chi connectivity index (χ1v) is 7.02. The number of rotatable bonds is 3. The van der Waals surface area contributed by atoms with E-state index in [0.29, 0.717) is 5.92 Å². The monoisotopic (exact) mass is 260 g/mol. The van der Waals surface area contributed by atoms with Crippen LogP contribution < -0.4 is 5.32 Å². The van der Waals surface area contributed by atoms with Crippen LogP contribution in [0.2, 0.25) is 0 Å². The smallest absolute Gasteiger partial charge is 0.245 e. The summed E-state index contributed by atoms with van der Waals surface area (Å²) in [7, 11) is 0. The SMILES string of the molecule is O=C(C1Cc2ccccc2N1)N1CCC(CCO)C1. The van der Waals surface area contributed by atoms with Crippen molar-refractivity contribution in [3.05, 3.63) is 29.8 Å². The fourth-order valence-corrected chi connectivity index (χ4v) is 3.12. The van der Waals surface area contributed by atoms with E-state index in [9.17, 15) is 4.79 Å². The first kappa shape index (κ1) is 12.5. The molecule has 3 rings (SSSR count). The topological polar surface area (TPSA) is 52.6 Å². The lowest BCUT2D eigenvalue weighted by Gasteiger charge is -2.21. The normalized spacial score (nSPS) is 25.2. The van der Waals surface area contributed by atoms with Gasteiger partial charge in [0.2, 0.25) is 5.91 Å². The van der Waals surface area contributed by atoms with Gasteiger partial charge in [0.25, 0.3) is 0 Å². The Labute approximate surface area is 113 Å². The second-order valence-corrected chi connectivity index (χ2v) is 5.51. The zero-order valence-electron chi connectivity index (χ0n) is 11.0. The molecule has 2 atom stereocenters. The minimum Gasteiger partial charge on any atom is -0.396 e. The van der Waals surface area contributed by atoms with E-state index in [2.05, 4.69) is 11.4 Å². The highest BCUT2D eigenvalue weighted by Crippen LogP contribution is 2.28. The largest absolute Gasteiger partial charge is 0.396 e. The van der Waals surface area contributed by atoms with E-state index < -0.39 is 0 Å². The Balaban J connectivity index is 1.61. The number of benzene rings is 1. The third-order valence-corrected chi connectivity index (χ3v) is 4.20. The second-order valence-electron chi connectivity index (χ2n) is 5.51. The number of hydrogen-bond donors (Lipinski definition) is 2. The number of aliphatic hydroxyl groups is 1. The lowest BCUT2D eigenvalue weighted by Crippen LogP contribution is -2.40. The zero-order valence-corrected chi connectivity index (χ0v) is 11.0. The Morgan fingerprint density at radius 3 is 3.05 bits per heavy atom. The molecule has 2 unspecified atom stereocenters. The second kappa shape index (κ2) is 5.21. The van der Waals surface area contributed by atoms with Crippen LogP contribution in [0.1, 0.15) is 18.4 Å². The molecule has 19 heavy (non-hydrogen) atoms. The van der Waals surface area contributed by atoms with Crippen molar-refractivity contribution in [1.29, 1.82) is 0 Å². The number of nitrogens with one attached hydrogen (secondary N) is 1. The quantitative estimate of drug-likeness (QED) is 0.860. The molecule has 1 amide bonds. The summed E-state index contributed by atoms with van der Waals surface area (Å²) in [5, 5.41) is 12.3. The maximum atomic E-state index is 12.5. The lowest BCUT2D eigenvalue weighted by molar-refractivity contribution is -0.131. The maximum Gasteiger partial charge on any atom is 0.245 e. The van der Waals surface area contributed by atoms with Gasteiger partial charge in [0.15, 0.2) is 0 Å². The van der Waals surface area contributed by atoms with Crippen LogP contribution >= 0.6 is 0 Å². The molecular weight excluding hydrogens is 240 g/mol. The summed E-state index contributed by atoms with van der Waals surface area (Å²) < 4.78 is 0. The van der Waals surface area contributed by atoms with E-state index in [1.165, 1.54) is 5.56 Å². The average Bonchev–Trinajstić information content (AvgIpc) is 3.04. The number of carbonyl (C=O) groups is 1. The van der Waals surface area contributed by atoms with Crippen LogP contribution in [0.25, 0.3) is 0 Å². The highest BCUT2D eigenvalue weighted by molar-refractivity contribution is 5.87.